The number of unbranched alkanes of at least 4 members (excludes halogenated alkanes) is 5. The first kappa shape index (κ1) is 57.6. The van der Waals surface area contributed by atoms with E-state index >= 15 is 0 Å². The summed E-state index contributed by atoms with van der Waals surface area (Å²) in [5.74, 6) is 0. The van der Waals surface area contributed by atoms with Crippen LogP contribution in [0.3, 0.4) is 0 Å². The van der Waals surface area contributed by atoms with Crippen molar-refractivity contribution in [1.29, 1.82) is 0 Å². The zero-order valence-electron chi connectivity index (χ0n) is 52.4. The van der Waals surface area contributed by atoms with Crippen molar-refractivity contribution in [2.75, 3.05) is 14.7 Å². The molecule has 430 valence electrons. The van der Waals surface area contributed by atoms with Gasteiger partial charge in [0.05, 0.1) is 11.4 Å². The van der Waals surface area contributed by atoms with Crippen LogP contribution in [0.2, 0.25) is 0 Å². The van der Waals surface area contributed by atoms with Gasteiger partial charge in [-0.3, -0.25) is 0 Å². The number of aryl methyl sites for hydroxylation is 6. The standard InChI is InChI=1S/C79H90BN3S/c1-11-16-21-55-26-34-60(35-27-55)65-50-58(24-19-14-4)32-44-70(65)83-71-53-64(81(61-36-28-56(29-37-61)22-17-12-2)62-38-30-57(31-39-62)23-18-13-3)41-43-69(71)80-75-72(48-54(6)49-73(75)83)82(63-40-42-67-68(52-63)79(9,10)47-46-78(67,7)8)76-66-51-59(25-20-15-5)33-45-74(66)84-77(76)80/h26-45,48-53H,11-25,46-47H2,1-10H3. The Labute approximate surface area is 509 Å². The molecule has 0 amide bonds. The lowest BCUT2D eigenvalue weighted by molar-refractivity contribution is 0.332. The molecule has 0 unspecified atom stereocenters. The fourth-order valence-electron chi connectivity index (χ4n) is 14.2. The highest BCUT2D eigenvalue weighted by Gasteiger charge is 2.47. The molecule has 5 heteroatoms. The van der Waals surface area contributed by atoms with Gasteiger partial charge in [-0.15, -0.1) is 11.3 Å². The van der Waals surface area contributed by atoms with Crippen LogP contribution in [0, 0.1) is 6.92 Å². The van der Waals surface area contributed by atoms with E-state index in [1.165, 1.54) is 191 Å². The summed E-state index contributed by atoms with van der Waals surface area (Å²) in [6.45, 7) is 23.7. The summed E-state index contributed by atoms with van der Waals surface area (Å²) >= 11 is 2.03. The Hall–Kier alpha value is -6.82. The molecule has 9 aromatic rings. The minimum absolute atomic E-state index is 0.000850. The molecular weight excluding hydrogens is 1030 g/mol. The molecule has 3 aliphatic rings. The van der Waals surface area contributed by atoms with Gasteiger partial charge in [0.1, 0.15) is 0 Å². The molecule has 0 bridgehead atoms. The first-order valence-corrected chi connectivity index (χ1v) is 33.4. The molecule has 0 N–H and O–H groups in total. The summed E-state index contributed by atoms with van der Waals surface area (Å²) < 4.78 is 2.79. The molecule has 0 radical (unpaired) electrons. The third kappa shape index (κ3) is 11.0. The molecule has 0 fully saturated rings. The number of hydrogen-bond acceptors (Lipinski definition) is 4. The number of thiophene rings is 1. The molecule has 1 aliphatic carbocycles. The second kappa shape index (κ2) is 24.3. The Morgan fingerprint density at radius 3 is 1.54 bits per heavy atom. The Bertz CT molecular complexity index is 3750. The van der Waals surface area contributed by atoms with Gasteiger partial charge in [0.15, 0.2) is 0 Å². The topological polar surface area (TPSA) is 9.72 Å². The van der Waals surface area contributed by atoms with Crippen molar-refractivity contribution in [1.82, 2.24) is 0 Å². The average molecular weight is 1120 g/mol. The second-order valence-corrected chi connectivity index (χ2v) is 27.5. The van der Waals surface area contributed by atoms with Gasteiger partial charge >= 0.3 is 0 Å². The number of hydrogen-bond donors (Lipinski definition) is 0. The van der Waals surface area contributed by atoms with Crippen LogP contribution >= 0.6 is 11.3 Å². The largest absolute Gasteiger partial charge is 0.311 e. The van der Waals surface area contributed by atoms with E-state index in [-0.39, 0.29) is 17.5 Å². The van der Waals surface area contributed by atoms with Crippen LogP contribution in [0.4, 0.5) is 51.2 Å². The number of rotatable bonds is 21. The predicted octanol–water partition coefficient (Wildman–Crippen LogP) is 21.5. The zero-order valence-corrected chi connectivity index (χ0v) is 53.2. The molecule has 2 aliphatic heterocycles. The van der Waals surface area contributed by atoms with Gasteiger partial charge in [-0.05, 0) is 241 Å². The van der Waals surface area contributed by atoms with E-state index in [9.17, 15) is 0 Å². The number of fused-ring (bicyclic) bond motifs is 7. The highest BCUT2D eigenvalue weighted by atomic mass is 32.1. The monoisotopic (exact) mass is 1120 g/mol. The van der Waals surface area contributed by atoms with Crippen LogP contribution in [0.1, 0.15) is 184 Å². The maximum Gasteiger partial charge on any atom is 0.264 e. The van der Waals surface area contributed by atoms with Gasteiger partial charge in [0, 0.05) is 60.2 Å². The van der Waals surface area contributed by atoms with E-state index in [2.05, 4.69) is 242 Å². The van der Waals surface area contributed by atoms with Crippen LogP contribution in [0.5, 0.6) is 0 Å². The van der Waals surface area contributed by atoms with Gasteiger partial charge in [-0.1, -0.05) is 167 Å². The van der Waals surface area contributed by atoms with Crippen molar-refractivity contribution >= 4 is 95.0 Å². The lowest BCUT2D eigenvalue weighted by Crippen LogP contribution is -2.60. The van der Waals surface area contributed by atoms with Crippen molar-refractivity contribution in [3.63, 3.8) is 0 Å². The van der Waals surface area contributed by atoms with E-state index in [0.29, 0.717) is 0 Å². The molecular formula is C79H90BN3S. The number of nitrogens with zero attached hydrogens (tertiary/aromatic N) is 3. The maximum atomic E-state index is 2.73. The van der Waals surface area contributed by atoms with E-state index in [1.54, 1.807) is 0 Å². The molecule has 0 saturated heterocycles. The summed E-state index contributed by atoms with van der Waals surface area (Å²) in [7, 11) is 0. The third-order valence-corrected chi connectivity index (χ3v) is 20.5. The van der Waals surface area contributed by atoms with Gasteiger partial charge in [-0.2, -0.15) is 0 Å². The Morgan fingerprint density at radius 1 is 0.452 bits per heavy atom. The van der Waals surface area contributed by atoms with E-state index in [1.807, 2.05) is 11.3 Å². The molecule has 3 heterocycles. The number of anilines is 9. The van der Waals surface area contributed by atoms with Crippen molar-refractivity contribution in [3.8, 4) is 11.1 Å². The van der Waals surface area contributed by atoms with Crippen LogP contribution in [-0.4, -0.2) is 6.71 Å². The average Bonchev–Trinajstić information content (AvgIpc) is 2.05. The Morgan fingerprint density at radius 2 is 0.952 bits per heavy atom. The van der Waals surface area contributed by atoms with Crippen LogP contribution < -0.4 is 30.4 Å². The van der Waals surface area contributed by atoms with Gasteiger partial charge in [0.25, 0.3) is 6.71 Å². The summed E-state index contributed by atoms with van der Waals surface area (Å²) in [5.41, 5.74) is 27.9. The van der Waals surface area contributed by atoms with Gasteiger partial charge < -0.3 is 14.7 Å². The van der Waals surface area contributed by atoms with Crippen LogP contribution in [-0.2, 0) is 42.9 Å². The summed E-state index contributed by atoms with van der Waals surface area (Å²) in [6.07, 6.45) is 19.7. The highest BCUT2D eigenvalue weighted by molar-refractivity contribution is 7.33. The lowest BCUT2D eigenvalue weighted by Gasteiger charge is -2.45. The van der Waals surface area contributed by atoms with E-state index in [4.69, 9.17) is 0 Å². The van der Waals surface area contributed by atoms with Crippen molar-refractivity contribution in [2.45, 2.75) is 189 Å². The SMILES string of the molecule is CCCCc1ccc(-c2cc(CCCC)ccc2N2c3cc(N(c4ccc(CCCC)cc4)c4ccc(CCCC)cc4)ccc3B3c4sc5ccc(CCCC)cc5c4N(c4ccc5c(c4)C(C)(C)CCC5(C)C)c4cc(C)cc2c43)cc1. The van der Waals surface area contributed by atoms with Crippen molar-refractivity contribution in [2.24, 2.45) is 0 Å². The fraction of sp³-hybridized carbons (Fsp3) is 0.367. The summed E-state index contributed by atoms with van der Waals surface area (Å²) in [4.78, 5) is 7.97. The van der Waals surface area contributed by atoms with Crippen molar-refractivity contribution in [3.05, 3.63) is 202 Å². The normalized spacial score (nSPS) is 14.6. The third-order valence-electron chi connectivity index (χ3n) is 19.3. The predicted molar refractivity (Wildman–Crippen MR) is 369 cm³/mol. The van der Waals surface area contributed by atoms with E-state index < -0.39 is 0 Å². The molecule has 12 rings (SSSR count). The fourth-order valence-corrected chi connectivity index (χ4v) is 15.5. The van der Waals surface area contributed by atoms with Crippen LogP contribution in [0.15, 0.2) is 158 Å². The first-order valence-electron chi connectivity index (χ1n) is 32.6. The lowest BCUT2D eigenvalue weighted by atomic mass is 9.36. The van der Waals surface area contributed by atoms with Crippen LogP contribution in [0.25, 0.3) is 21.2 Å². The number of benzene rings is 8. The molecule has 1 aromatic heterocycles. The van der Waals surface area contributed by atoms with Gasteiger partial charge in [-0.25, -0.2) is 0 Å². The smallest absolute Gasteiger partial charge is 0.264 e. The molecule has 0 spiro atoms. The first-order chi connectivity index (χ1) is 40.8. The molecule has 0 saturated carbocycles. The molecule has 8 aromatic carbocycles. The molecule has 0 atom stereocenters. The van der Waals surface area contributed by atoms with Crippen molar-refractivity contribution < 1.29 is 0 Å². The summed E-state index contributed by atoms with van der Waals surface area (Å²) in [6, 6.07) is 63.7. The van der Waals surface area contributed by atoms with E-state index in [0.717, 1.165) is 50.6 Å². The zero-order chi connectivity index (χ0) is 58.3. The highest BCUT2D eigenvalue weighted by Crippen LogP contribution is 2.53. The second-order valence-electron chi connectivity index (χ2n) is 26.4. The van der Waals surface area contributed by atoms with Gasteiger partial charge in [0.2, 0.25) is 0 Å². The summed E-state index contributed by atoms with van der Waals surface area (Å²) in [5, 5.41) is 1.37. The minimum Gasteiger partial charge on any atom is -0.311 e. The quantitative estimate of drug-likeness (QED) is 0.0664. The minimum atomic E-state index is 0.000850. The molecule has 3 nitrogen and oxygen atoms in total. The molecule has 84 heavy (non-hydrogen) atoms. The Kier molecular flexibility index (Phi) is 16.7. The maximum absolute atomic E-state index is 2.73. The Balaban J connectivity index is 1.14.